The van der Waals surface area contributed by atoms with Gasteiger partial charge in [0.25, 0.3) is 0 Å². The highest BCUT2D eigenvalue weighted by Gasteiger charge is 2.00. The molecule has 0 fully saturated rings. The van der Waals surface area contributed by atoms with Crippen molar-refractivity contribution in [3.8, 4) is 6.07 Å². The Kier molecular flexibility index (Phi) is 3.18. The number of benzene rings is 1. The van der Waals surface area contributed by atoms with E-state index in [2.05, 4.69) is 16.4 Å². The molecule has 0 aliphatic heterocycles. The van der Waals surface area contributed by atoms with Crippen LogP contribution in [0.5, 0.6) is 0 Å². The molecule has 1 N–H and O–H groups in total. The molecular weight excluding hydrogens is 218 g/mol. The van der Waals surface area contributed by atoms with E-state index in [-0.39, 0.29) is 0 Å². The van der Waals surface area contributed by atoms with Gasteiger partial charge in [0, 0.05) is 10.6 Å². The van der Waals surface area contributed by atoms with Gasteiger partial charge in [0.15, 0.2) is 0 Å². The lowest BCUT2D eigenvalue weighted by molar-refractivity contribution is 1.12. The van der Waals surface area contributed by atoms with Gasteiger partial charge in [0.1, 0.15) is 0 Å². The van der Waals surface area contributed by atoms with Crippen molar-refractivity contribution in [3.63, 3.8) is 0 Å². The average molecular weight is 229 g/mol. The Morgan fingerprint density at radius 2 is 2.12 bits per heavy atom. The molecule has 16 heavy (non-hydrogen) atoms. The second-order valence-corrected chi connectivity index (χ2v) is 4.34. The molecule has 0 saturated heterocycles. The predicted molar refractivity (Wildman–Crippen MR) is 65.3 cm³/mol. The van der Waals surface area contributed by atoms with E-state index in [1.54, 1.807) is 11.3 Å². The Balaban J connectivity index is 2.00. The molecule has 0 aliphatic carbocycles. The quantitative estimate of drug-likeness (QED) is 0.880. The largest absolute Gasteiger partial charge is 0.380 e. The minimum absolute atomic E-state index is 0.680. The lowest BCUT2D eigenvalue weighted by atomic mass is 10.2. The summed E-state index contributed by atoms with van der Waals surface area (Å²) in [4.78, 5) is 5.43. The third-order valence-corrected chi connectivity index (χ3v) is 3.25. The summed E-state index contributed by atoms with van der Waals surface area (Å²) in [6, 6.07) is 9.54. The number of aromatic nitrogens is 1. The van der Waals surface area contributed by atoms with E-state index in [4.69, 9.17) is 5.26 Å². The molecule has 0 bridgehead atoms. The number of hydrogen-bond donors (Lipinski definition) is 1. The van der Waals surface area contributed by atoms with E-state index in [0.29, 0.717) is 5.56 Å². The van der Waals surface area contributed by atoms with E-state index in [0.717, 1.165) is 17.9 Å². The molecule has 0 saturated carbocycles. The first-order chi connectivity index (χ1) is 7.79. The van der Waals surface area contributed by atoms with Crippen molar-refractivity contribution in [2.45, 2.75) is 13.5 Å². The summed E-state index contributed by atoms with van der Waals surface area (Å²) < 4.78 is 0. The summed E-state index contributed by atoms with van der Waals surface area (Å²) in [5.41, 5.74) is 4.63. The summed E-state index contributed by atoms with van der Waals surface area (Å²) in [7, 11) is 0. The topological polar surface area (TPSA) is 48.7 Å². The minimum atomic E-state index is 0.680. The number of nitrogens with zero attached hydrogens (tertiary/aromatic N) is 2. The van der Waals surface area contributed by atoms with Crippen molar-refractivity contribution in [2.24, 2.45) is 0 Å². The van der Waals surface area contributed by atoms with Crippen LogP contribution in [0.15, 0.2) is 29.8 Å². The maximum Gasteiger partial charge on any atom is 0.0991 e. The first kappa shape index (κ1) is 10.7. The van der Waals surface area contributed by atoms with Crippen molar-refractivity contribution in [3.05, 3.63) is 45.9 Å². The van der Waals surface area contributed by atoms with Gasteiger partial charge in [-0.05, 0) is 31.2 Å². The molecule has 0 radical (unpaired) electrons. The highest BCUT2D eigenvalue weighted by Crippen LogP contribution is 2.15. The standard InChI is InChI=1S/C12H11N3S/c1-9-12(16-8-15-9)7-14-11-4-2-10(6-13)3-5-11/h2-5,8,14H,7H2,1H3. The maximum absolute atomic E-state index is 8.67. The molecule has 0 unspecified atom stereocenters. The smallest absolute Gasteiger partial charge is 0.0991 e. The predicted octanol–water partition coefficient (Wildman–Crippen LogP) is 2.94. The molecular formula is C12H11N3S. The molecule has 2 rings (SSSR count). The second kappa shape index (κ2) is 4.77. The first-order valence-electron chi connectivity index (χ1n) is 4.92. The minimum Gasteiger partial charge on any atom is -0.380 e. The van der Waals surface area contributed by atoms with E-state index < -0.39 is 0 Å². The number of aryl methyl sites for hydroxylation is 1. The third kappa shape index (κ3) is 2.38. The molecule has 1 aromatic heterocycles. The van der Waals surface area contributed by atoms with E-state index in [1.165, 1.54) is 4.88 Å². The Morgan fingerprint density at radius 1 is 1.38 bits per heavy atom. The van der Waals surface area contributed by atoms with E-state index in [9.17, 15) is 0 Å². The average Bonchev–Trinajstić information content (AvgIpc) is 2.73. The van der Waals surface area contributed by atoms with Gasteiger partial charge >= 0.3 is 0 Å². The van der Waals surface area contributed by atoms with Crippen molar-refractivity contribution in [2.75, 3.05) is 5.32 Å². The van der Waals surface area contributed by atoms with E-state index in [1.807, 2.05) is 36.7 Å². The molecule has 0 amide bonds. The molecule has 3 nitrogen and oxygen atoms in total. The first-order valence-corrected chi connectivity index (χ1v) is 5.80. The normalized spacial score (nSPS) is 9.75. The molecule has 1 aromatic carbocycles. The number of anilines is 1. The Bertz CT molecular complexity index is 508. The number of nitriles is 1. The van der Waals surface area contributed by atoms with E-state index >= 15 is 0 Å². The van der Waals surface area contributed by atoms with Gasteiger partial charge in [-0.25, -0.2) is 4.98 Å². The van der Waals surface area contributed by atoms with Crippen LogP contribution < -0.4 is 5.32 Å². The zero-order chi connectivity index (χ0) is 11.4. The zero-order valence-electron chi connectivity index (χ0n) is 8.90. The SMILES string of the molecule is Cc1ncsc1CNc1ccc(C#N)cc1. The van der Waals surface area contributed by atoms with Gasteiger partial charge < -0.3 is 5.32 Å². The van der Waals surface area contributed by atoms with Crippen LogP contribution in [-0.4, -0.2) is 4.98 Å². The molecule has 0 spiro atoms. The number of thiazole rings is 1. The van der Waals surface area contributed by atoms with Crippen LogP contribution in [0.4, 0.5) is 5.69 Å². The lowest BCUT2D eigenvalue weighted by Gasteiger charge is -2.04. The van der Waals surface area contributed by atoms with Crippen LogP contribution in [-0.2, 0) is 6.54 Å². The number of hydrogen-bond acceptors (Lipinski definition) is 4. The molecule has 0 aliphatic rings. The van der Waals surface area contributed by atoms with Gasteiger partial charge in [-0.15, -0.1) is 11.3 Å². The van der Waals surface area contributed by atoms with Crippen molar-refractivity contribution < 1.29 is 0 Å². The molecule has 1 heterocycles. The van der Waals surface area contributed by atoms with Gasteiger partial charge in [0.2, 0.25) is 0 Å². The van der Waals surface area contributed by atoms with Crippen molar-refractivity contribution in [1.29, 1.82) is 5.26 Å². The Labute approximate surface area is 98.4 Å². The van der Waals surface area contributed by atoms with Gasteiger partial charge in [-0.3, -0.25) is 0 Å². The summed E-state index contributed by atoms with van der Waals surface area (Å²) >= 11 is 1.65. The van der Waals surface area contributed by atoms with Gasteiger partial charge in [0.05, 0.1) is 29.4 Å². The van der Waals surface area contributed by atoms with Crippen molar-refractivity contribution >= 4 is 17.0 Å². The Hall–Kier alpha value is -1.86. The molecule has 0 atom stereocenters. The van der Waals surface area contributed by atoms with Crippen molar-refractivity contribution in [1.82, 2.24) is 4.98 Å². The molecule has 2 aromatic rings. The second-order valence-electron chi connectivity index (χ2n) is 3.40. The number of rotatable bonds is 3. The fourth-order valence-electron chi connectivity index (χ4n) is 1.34. The van der Waals surface area contributed by atoms with Crippen LogP contribution >= 0.6 is 11.3 Å². The van der Waals surface area contributed by atoms with Crippen LogP contribution in [0.2, 0.25) is 0 Å². The summed E-state index contributed by atoms with van der Waals surface area (Å²) in [6.45, 7) is 2.79. The summed E-state index contributed by atoms with van der Waals surface area (Å²) in [6.07, 6.45) is 0. The highest BCUT2D eigenvalue weighted by atomic mass is 32.1. The highest BCUT2D eigenvalue weighted by molar-refractivity contribution is 7.09. The fraction of sp³-hybridized carbons (Fsp3) is 0.167. The zero-order valence-corrected chi connectivity index (χ0v) is 9.71. The van der Waals surface area contributed by atoms with Crippen LogP contribution in [0.1, 0.15) is 16.1 Å². The summed E-state index contributed by atoms with van der Waals surface area (Å²) in [5, 5.41) is 12.0. The maximum atomic E-state index is 8.67. The van der Waals surface area contributed by atoms with Gasteiger partial charge in [-0.1, -0.05) is 0 Å². The number of nitrogens with one attached hydrogen (secondary N) is 1. The Morgan fingerprint density at radius 3 is 2.69 bits per heavy atom. The third-order valence-electron chi connectivity index (χ3n) is 2.31. The lowest BCUT2D eigenvalue weighted by Crippen LogP contribution is -1.98. The monoisotopic (exact) mass is 229 g/mol. The fourth-order valence-corrected chi connectivity index (χ4v) is 2.06. The summed E-state index contributed by atoms with van der Waals surface area (Å²) in [5.74, 6) is 0. The van der Waals surface area contributed by atoms with Gasteiger partial charge in [-0.2, -0.15) is 5.26 Å². The van der Waals surface area contributed by atoms with Crippen LogP contribution in [0, 0.1) is 18.3 Å². The molecule has 80 valence electrons. The van der Waals surface area contributed by atoms with Crippen LogP contribution in [0.3, 0.4) is 0 Å². The molecule has 4 heteroatoms. The van der Waals surface area contributed by atoms with Crippen LogP contribution in [0.25, 0.3) is 0 Å².